The molecule has 0 aliphatic rings. The highest BCUT2D eigenvalue weighted by Gasteiger charge is 2.37. The van der Waals surface area contributed by atoms with Crippen LogP contribution in [-0.4, -0.2) is 51.2 Å². The molecule has 3 aromatic rings. The van der Waals surface area contributed by atoms with Crippen LogP contribution in [-0.2, 0) is 20.7 Å². The van der Waals surface area contributed by atoms with Crippen LogP contribution >= 0.6 is 0 Å². The first-order valence-corrected chi connectivity index (χ1v) is 16.0. The zero-order valence-corrected chi connectivity index (χ0v) is 27.9. The second-order valence-electron chi connectivity index (χ2n) is 12.7. The average molecular weight is 632 g/mol. The van der Waals surface area contributed by atoms with E-state index >= 15 is 0 Å². The van der Waals surface area contributed by atoms with E-state index in [1.54, 1.807) is 51.1 Å². The minimum Gasteiger partial charge on any atom is -0.508 e. The number of alkyl carbamates (subject to hydrolysis) is 1. The number of para-hydroxylation sites is 2. The number of aryl methyl sites for hydroxylation is 2. The second kappa shape index (κ2) is 16.7. The predicted octanol–water partition coefficient (Wildman–Crippen LogP) is 7.33. The summed E-state index contributed by atoms with van der Waals surface area (Å²) in [5.74, 6) is -1.04. The van der Waals surface area contributed by atoms with E-state index < -0.39 is 35.6 Å². The Morgan fingerprint density at radius 3 is 2.09 bits per heavy atom. The van der Waals surface area contributed by atoms with Gasteiger partial charge in [0.1, 0.15) is 29.2 Å². The number of hydrogen-bond acceptors (Lipinski definition) is 6. The summed E-state index contributed by atoms with van der Waals surface area (Å²) in [6.07, 6.45) is 3.84. The quantitative estimate of drug-likeness (QED) is 0.138. The summed E-state index contributed by atoms with van der Waals surface area (Å²) in [5, 5.41) is 26.6. The van der Waals surface area contributed by atoms with Crippen molar-refractivity contribution in [2.45, 2.75) is 97.8 Å². The van der Waals surface area contributed by atoms with Crippen LogP contribution in [0.2, 0.25) is 0 Å². The lowest BCUT2D eigenvalue weighted by molar-refractivity contribution is -0.141. The van der Waals surface area contributed by atoms with E-state index in [0.717, 1.165) is 36.8 Å². The number of benzene rings is 3. The van der Waals surface area contributed by atoms with Crippen molar-refractivity contribution in [2.75, 3.05) is 11.9 Å². The Bertz CT molecular complexity index is 1440. The third kappa shape index (κ3) is 10.5. The van der Waals surface area contributed by atoms with Gasteiger partial charge < -0.3 is 30.5 Å². The van der Waals surface area contributed by atoms with Crippen molar-refractivity contribution in [1.82, 2.24) is 10.2 Å². The molecular formula is C37H49N3O6. The third-order valence-corrected chi connectivity index (χ3v) is 7.67. The molecule has 0 aromatic heterocycles. The molecule has 3 amide bonds. The number of nitrogens with one attached hydrogen (secondary N) is 2. The van der Waals surface area contributed by atoms with Crippen LogP contribution in [0.4, 0.5) is 10.5 Å². The molecule has 0 fully saturated rings. The topological polar surface area (TPSA) is 128 Å². The fourth-order valence-electron chi connectivity index (χ4n) is 5.34. The predicted molar refractivity (Wildman–Crippen MR) is 181 cm³/mol. The molecule has 0 aliphatic carbocycles. The Kier molecular flexibility index (Phi) is 13.0. The Morgan fingerprint density at radius 1 is 0.848 bits per heavy atom. The summed E-state index contributed by atoms with van der Waals surface area (Å²) >= 11 is 0. The van der Waals surface area contributed by atoms with Crippen molar-refractivity contribution in [2.24, 2.45) is 0 Å². The van der Waals surface area contributed by atoms with E-state index in [1.807, 2.05) is 32.0 Å². The summed E-state index contributed by atoms with van der Waals surface area (Å²) in [6, 6.07) is 16.3. The minimum atomic E-state index is -1.21. The number of unbranched alkanes of at least 4 members (excludes halogenated alkanes) is 4. The standard InChI is InChI=1S/C37H49N3O6/c1-7-8-9-10-13-23-40(35(44)30(38-36(45)46-37(4,5)6)24-27-19-21-28(41)22-20-27)33(29-17-11-12-18-31(29)42)34(43)39-32-25(2)15-14-16-26(32)3/h11-12,14-22,30,33,41-42H,7-10,13,23-24H2,1-6H3,(H,38,45)(H,39,43). The third-order valence-electron chi connectivity index (χ3n) is 7.67. The van der Waals surface area contributed by atoms with Crippen LogP contribution in [0.3, 0.4) is 0 Å². The molecule has 0 saturated carbocycles. The maximum Gasteiger partial charge on any atom is 0.408 e. The number of nitrogens with zero attached hydrogens (tertiary/aromatic N) is 1. The van der Waals surface area contributed by atoms with Crippen LogP contribution in [0.25, 0.3) is 0 Å². The van der Waals surface area contributed by atoms with Crippen molar-refractivity contribution in [3.63, 3.8) is 0 Å². The minimum absolute atomic E-state index is 0.0724. The lowest BCUT2D eigenvalue weighted by Crippen LogP contribution is -2.53. The molecular weight excluding hydrogens is 582 g/mol. The highest BCUT2D eigenvalue weighted by molar-refractivity contribution is 6.00. The SMILES string of the molecule is CCCCCCCN(C(=O)C(Cc1ccc(O)cc1)NC(=O)OC(C)(C)C)C(C(=O)Nc1c(C)cccc1C)c1ccccc1O. The van der Waals surface area contributed by atoms with Crippen molar-refractivity contribution in [3.8, 4) is 11.5 Å². The molecule has 0 heterocycles. The molecule has 248 valence electrons. The zero-order valence-electron chi connectivity index (χ0n) is 27.9. The van der Waals surface area contributed by atoms with Gasteiger partial charge in [0.25, 0.3) is 5.91 Å². The maximum atomic E-state index is 14.7. The fourth-order valence-corrected chi connectivity index (χ4v) is 5.34. The molecule has 3 rings (SSSR count). The van der Waals surface area contributed by atoms with E-state index in [0.29, 0.717) is 17.7 Å². The number of anilines is 1. The molecule has 3 aromatic carbocycles. The first-order valence-electron chi connectivity index (χ1n) is 16.0. The summed E-state index contributed by atoms with van der Waals surface area (Å²) in [5.41, 5.74) is 2.51. The second-order valence-corrected chi connectivity index (χ2v) is 12.7. The average Bonchev–Trinajstić information content (AvgIpc) is 2.98. The van der Waals surface area contributed by atoms with Gasteiger partial charge in [0, 0.05) is 24.2 Å². The zero-order chi connectivity index (χ0) is 33.9. The molecule has 0 spiro atoms. The number of aromatic hydroxyl groups is 2. The summed E-state index contributed by atoms with van der Waals surface area (Å²) in [7, 11) is 0. The normalized spacial score (nSPS) is 12.6. The van der Waals surface area contributed by atoms with Gasteiger partial charge in [-0.05, 0) is 75.9 Å². The summed E-state index contributed by atoms with van der Waals surface area (Å²) in [4.78, 5) is 43.5. The van der Waals surface area contributed by atoms with Gasteiger partial charge in [-0.3, -0.25) is 9.59 Å². The monoisotopic (exact) mass is 631 g/mol. The number of rotatable bonds is 14. The molecule has 0 radical (unpaired) electrons. The van der Waals surface area contributed by atoms with Gasteiger partial charge in [0.2, 0.25) is 5.91 Å². The van der Waals surface area contributed by atoms with Gasteiger partial charge in [-0.1, -0.05) is 81.1 Å². The first kappa shape index (κ1) is 35.9. The number of ether oxygens (including phenoxy) is 1. The lowest BCUT2D eigenvalue weighted by Gasteiger charge is -2.35. The van der Waals surface area contributed by atoms with Gasteiger partial charge in [0.05, 0.1) is 0 Å². The van der Waals surface area contributed by atoms with Gasteiger partial charge in [-0.15, -0.1) is 0 Å². The van der Waals surface area contributed by atoms with Gasteiger partial charge >= 0.3 is 6.09 Å². The van der Waals surface area contributed by atoms with Crippen LogP contribution in [0.5, 0.6) is 11.5 Å². The molecule has 2 atom stereocenters. The van der Waals surface area contributed by atoms with E-state index in [2.05, 4.69) is 17.6 Å². The van der Waals surface area contributed by atoms with Crippen LogP contribution in [0, 0.1) is 13.8 Å². The number of phenolic OH excluding ortho intramolecular Hbond substituents is 2. The summed E-state index contributed by atoms with van der Waals surface area (Å²) < 4.78 is 5.52. The molecule has 0 aliphatic heterocycles. The van der Waals surface area contributed by atoms with E-state index in [1.165, 1.54) is 23.1 Å². The molecule has 9 heteroatoms. The lowest BCUT2D eigenvalue weighted by atomic mass is 9.98. The molecule has 2 unspecified atom stereocenters. The van der Waals surface area contributed by atoms with Crippen molar-refractivity contribution >= 4 is 23.6 Å². The number of carbonyl (C=O) groups is 3. The Hall–Kier alpha value is -4.53. The molecule has 0 saturated heterocycles. The summed E-state index contributed by atoms with van der Waals surface area (Å²) in [6.45, 7) is 11.3. The van der Waals surface area contributed by atoms with E-state index in [4.69, 9.17) is 4.74 Å². The number of amides is 3. The smallest absolute Gasteiger partial charge is 0.408 e. The largest absolute Gasteiger partial charge is 0.508 e. The highest BCUT2D eigenvalue weighted by atomic mass is 16.6. The maximum absolute atomic E-state index is 14.7. The molecule has 9 nitrogen and oxygen atoms in total. The van der Waals surface area contributed by atoms with Gasteiger partial charge in [-0.25, -0.2) is 4.79 Å². The number of carbonyl (C=O) groups excluding carboxylic acids is 3. The van der Waals surface area contributed by atoms with Crippen LogP contribution in [0.1, 0.15) is 88.1 Å². The molecule has 46 heavy (non-hydrogen) atoms. The Morgan fingerprint density at radius 2 is 1.48 bits per heavy atom. The Balaban J connectivity index is 2.10. The fraction of sp³-hybridized carbons (Fsp3) is 0.432. The number of phenols is 2. The molecule has 4 N–H and O–H groups in total. The van der Waals surface area contributed by atoms with Crippen molar-refractivity contribution in [1.29, 1.82) is 0 Å². The Labute approximate surface area is 273 Å². The first-order chi connectivity index (χ1) is 21.8. The van der Waals surface area contributed by atoms with Gasteiger partial charge in [0.15, 0.2) is 0 Å². The van der Waals surface area contributed by atoms with Crippen LogP contribution < -0.4 is 10.6 Å². The van der Waals surface area contributed by atoms with Crippen molar-refractivity contribution in [3.05, 3.63) is 89.0 Å². The van der Waals surface area contributed by atoms with E-state index in [-0.39, 0.29) is 30.0 Å². The number of hydrogen-bond donors (Lipinski definition) is 4. The van der Waals surface area contributed by atoms with Crippen LogP contribution in [0.15, 0.2) is 66.7 Å². The van der Waals surface area contributed by atoms with E-state index in [9.17, 15) is 24.6 Å². The van der Waals surface area contributed by atoms with Crippen molar-refractivity contribution < 1.29 is 29.3 Å². The molecule has 0 bridgehead atoms. The van der Waals surface area contributed by atoms with Gasteiger partial charge in [-0.2, -0.15) is 0 Å². The highest BCUT2D eigenvalue weighted by Crippen LogP contribution is 2.32.